The molecule has 0 spiro atoms. The molecule has 2 saturated heterocycles. The van der Waals surface area contributed by atoms with Crippen molar-refractivity contribution in [1.29, 1.82) is 0 Å². The van der Waals surface area contributed by atoms with Crippen molar-refractivity contribution in [3.8, 4) is 0 Å². The molecule has 0 aromatic heterocycles. The van der Waals surface area contributed by atoms with Crippen LogP contribution in [-0.2, 0) is 9.59 Å². The average molecular weight is 419 g/mol. The maximum Gasteiger partial charge on any atom is 0.303 e. The number of carbonyl (C=O) groups excluding carboxylic acids is 1. The lowest BCUT2D eigenvalue weighted by molar-refractivity contribution is -0.137. The van der Waals surface area contributed by atoms with E-state index >= 15 is 0 Å². The Labute approximate surface area is 175 Å². The van der Waals surface area contributed by atoms with Crippen molar-refractivity contribution in [1.82, 2.24) is 4.90 Å². The number of thiocarbonyl (C=S) groups is 1. The number of carboxylic acid groups (broad SMARTS) is 1. The fourth-order valence-corrected chi connectivity index (χ4v) is 4.83. The zero-order chi connectivity index (χ0) is 19.9. The summed E-state index contributed by atoms with van der Waals surface area (Å²) in [5, 5.41) is 8.76. The first-order valence-corrected chi connectivity index (χ1v) is 11.1. The molecule has 2 aliphatic heterocycles. The minimum absolute atomic E-state index is 0.0358. The number of nitrogens with zero attached hydrogens (tertiary/aromatic N) is 2. The Morgan fingerprint density at radius 3 is 2.39 bits per heavy atom. The van der Waals surface area contributed by atoms with Gasteiger partial charge in [0.05, 0.1) is 4.91 Å². The van der Waals surface area contributed by atoms with E-state index < -0.39 is 5.97 Å². The molecule has 1 aromatic rings. The van der Waals surface area contributed by atoms with Crippen molar-refractivity contribution in [3.63, 3.8) is 0 Å². The molecular formula is C21H26N2O3S2. The van der Waals surface area contributed by atoms with E-state index in [1.165, 1.54) is 54.5 Å². The standard InChI is InChI=1S/C21H26N2O3S2/c24-19(25)7-6-14-23-20(26)18(28-21(23)27)15-16-8-10-17(11-9-16)22-12-4-2-1-3-5-13-22/h8-11,15H,1-7,12-14H2,(H,24,25)/b18-15-. The minimum atomic E-state index is -0.860. The molecular weight excluding hydrogens is 392 g/mol. The number of anilines is 1. The van der Waals surface area contributed by atoms with Crippen LogP contribution in [0.5, 0.6) is 0 Å². The smallest absolute Gasteiger partial charge is 0.303 e. The number of thioether (sulfide) groups is 1. The van der Waals surface area contributed by atoms with Crippen molar-refractivity contribution < 1.29 is 14.7 Å². The zero-order valence-corrected chi connectivity index (χ0v) is 17.6. The third kappa shape index (κ3) is 5.58. The SMILES string of the molecule is O=C(O)CCCN1C(=O)/C(=C/c2ccc(N3CCCCCCC3)cc2)SC1=S. The number of aliphatic carboxylic acids is 1. The molecule has 2 heterocycles. The summed E-state index contributed by atoms with van der Waals surface area (Å²) >= 11 is 6.58. The summed E-state index contributed by atoms with van der Waals surface area (Å²) in [5.41, 5.74) is 2.21. The first-order valence-electron chi connectivity index (χ1n) is 9.87. The molecule has 0 bridgehead atoms. The van der Waals surface area contributed by atoms with Gasteiger partial charge in [-0.05, 0) is 43.0 Å². The maximum atomic E-state index is 12.6. The Hall–Kier alpha value is -1.86. The highest BCUT2D eigenvalue weighted by molar-refractivity contribution is 8.26. The van der Waals surface area contributed by atoms with Gasteiger partial charge in [-0.2, -0.15) is 0 Å². The highest BCUT2D eigenvalue weighted by atomic mass is 32.2. The molecule has 3 rings (SSSR count). The number of hydrogen-bond acceptors (Lipinski definition) is 5. The number of carboxylic acids is 1. The number of carbonyl (C=O) groups is 2. The molecule has 0 atom stereocenters. The van der Waals surface area contributed by atoms with Gasteiger partial charge in [0, 0.05) is 31.7 Å². The van der Waals surface area contributed by atoms with Crippen molar-refractivity contribution in [3.05, 3.63) is 34.7 Å². The van der Waals surface area contributed by atoms with E-state index in [2.05, 4.69) is 17.0 Å². The lowest BCUT2D eigenvalue weighted by Crippen LogP contribution is -2.29. The van der Waals surface area contributed by atoms with Gasteiger partial charge in [-0.15, -0.1) is 0 Å². The monoisotopic (exact) mass is 418 g/mol. The van der Waals surface area contributed by atoms with Crippen molar-refractivity contribution in [2.45, 2.75) is 44.9 Å². The summed E-state index contributed by atoms with van der Waals surface area (Å²) in [5.74, 6) is -0.991. The van der Waals surface area contributed by atoms with Crippen LogP contribution in [0.1, 0.15) is 50.5 Å². The molecule has 0 unspecified atom stereocenters. The van der Waals surface area contributed by atoms with Crippen LogP contribution in [0.15, 0.2) is 29.2 Å². The van der Waals surface area contributed by atoms with Gasteiger partial charge in [-0.1, -0.05) is 55.4 Å². The van der Waals surface area contributed by atoms with Crippen molar-refractivity contribution in [2.75, 3.05) is 24.5 Å². The minimum Gasteiger partial charge on any atom is -0.481 e. The third-order valence-electron chi connectivity index (χ3n) is 5.06. The summed E-state index contributed by atoms with van der Waals surface area (Å²) in [7, 11) is 0. The lowest BCUT2D eigenvalue weighted by Gasteiger charge is -2.27. The van der Waals surface area contributed by atoms with Crippen molar-refractivity contribution >= 4 is 51.9 Å². The van der Waals surface area contributed by atoms with Gasteiger partial charge in [0.15, 0.2) is 0 Å². The fraction of sp³-hybridized carbons (Fsp3) is 0.476. The predicted octanol–water partition coefficient (Wildman–Crippen LogP) is 4.52. The van der Waals surface area contributed by atoms with Crippen LogP contribution < -0.4 is 4.90 Å². The Bertz CT molecular complexity index is 753. The second kappa shape index (κ2) is 10.1. The van der Waals surface area contributed by atoms with Gasteiger partial charge in [0.1, 0.15) is 4.32 Å². The normalized spacial score (nSPS) is 19.8. The molecule has 1 aromatic carbocycles. The van der Waals surface area contributed by atoms with E-state index in [0.717, 1.165) is 18.7 Å². The van der Waals surface area contributed by atoms with Gasteiger partial charge in [-0.25, -0.2) is 0 Å². The highest BCUT2D eigenvalue weighted by Crippen LogP contribution is 2.33. The molecule has 0 aliphatic carbocycles. The zero-order valence-electron chi connectivity index (χ0n) is 15.9. The van der Waals surface area contributed by atoms with Crippen LogP contribution in [-0.4, -0.2) is 45.8 Å². The number of rotatable bonds is 6. The summed E-state index contributed by atoms with van der Waals surface area (Å²) in [6, 6.07) is 8.35. The van der Waals surface area contributed by atoms with E-state index in [1.54, 1.807) is 0 Å². The Kier molecular flexibility index (Phi) is 7.50. The van der Waals surface area contributed by atoms with Crippen LogP contribution in [0.25, 0.3) is 6.08 Å². The Balaban J connectivity index is 1.63. The summed E-state index contributed by atoms with van der Waals surface area (Å²) in [6.45, 7) is 2.56. The van der Waals surface area contributed by atoms with Crippen LogP contribution in [0.4, 0.5) is 5.69 Å². The topological polar surface area (TPSA) is 60.9 Å². The average Bonchev–Trinajstić information content (AvgIpc) is 2.89. The van der Waals surface area contributed by atoms with Gasteiger partial charge < -0.3 is 10.0 Å². The molecule has 1 amide bonds. The quantitative estimate of drug-likeness (QED) is 0.541. The Morgan fingerprint density at radius 1 is 1.11 bits per heavy atom. The van der Waals surface area contributed by atoms with E-state index in [0.29, 0.717) is 22.2 Å². The third-order valence-corrected chi connectivity index (χ3v) is 6.44. The predicted molar refractivity (Wildman–Crippen MR) is 118 cm³/mol. The lowest BCUT2D eigenvalue weighted by atomic mass is 10.1. The van der Waals surface area contributed by atoms with Crippen molar-refractivity contribution in [2.24, 2.45) is 0 Å². The van der Waals surface area contributed by atoms with Crippen LogP contribution in [0.2, 0.25) is 0 Å². The summed E-state index contributed by atoms with van der Waals surface area (Å²) in [4.78, 5) is 27.8. The summed E-state index contributed by atoms with van der Waals surface area (Å²) in [6.07, 6.45) is 8.76. The van der Waals surface area contributed by atoms with E-state index in [9.17, 15) is 9.59 Å². The molecule has 7 heteroatoms. The van der Waals surface area contributed by atoms with Gasteiger partial charge in [-0.3, -0.25) is 14.5 Å². The number of hydrogen-bond donors (Lipinski definition) is 1. The first-order chi connectivity index (χ1) is 13.5. The van der Waals surface area contributed by atoms with E-state index in [-0.39, 0.29) is 12.3 Å². The van der Waals surface area contributed by atoms with E-state index in [4.69, 9.17) is 17.3 Å². The maximum absolute atomic E-state index is 12.6. The summed E-state index contributed by atoms with van der Waals surface area (Å²) < 4.78 is 0.499. The Morgan fingerprint density at radius 2 is 1.75 bits per heavy atom. The van der Waals surface area contributed by atoms with Crippen LogP contribution >= 0.6 is 24.0 Å². The number of benzene rings is 1. The molecule has 150 valence electrons. The second-order valence-electron chi connectivity index (χ2n) is 7.18. The molecule has 2 fully saturated rings. The molecule has 5 nitrogen and oxygen atoms in total. The first kappa shape index (κ1) is 20.9. The van der Waals surface area contributed by atoms with Gasteiger partial charge in [0.2, 0.25) is 0 Å². The molecule has 0 radical (unpaired) electrons. The fourth-order valence-electron chi connectivity index (χ4n) is 3.52. The highest BCUT2D eigenvalue weighted by Gasteiger charge is 2.31. The van der Waals surface area contributed by atoms with Crippen LogP contribution in [0, 0.1) is 0 Å². The molecule has 1 N–H and O–H groups in total. The molecule has 28 heavy (non-hydrogen) atoms. The molecule has 2 aliphatic rings. The second-order valence-corrected chi connectivity index (χ2v) is 8.85. The van der Waals surface area contributed by atoms with E-state index in [1.807, 2.05) is 18.2 Å². The largest absolute Gasteiger partial charge is 0.481 e. The van der Waals surface area contributed by atoms with Crippen LogP contribution in [0.3, 0.4) is 0 Å². The molecule has 0 saturated carbocycles. The van der Waals surface area contributed by atoms with Gasteiger partial charge >= 0.3 is 5.97 Å². The number of amides is 1. The van der Waals surface area contributed by atoms with Gasteiger partial charge in [0.25, 0.3) is 5.91 Å².